The number of nitrogens with one attached hydrogen (secondary N) is 1. The zero-order valence-electron chi connectivity index (χ0n) is 11.1. The number of rotatable bonds is 3. The molecule has 1 aliphatic rings. The highest BCUT2D eigenvalue weighted by molar-refractivity contribution is 9.10. The van der Waals surface area contributed by atoms with E-state index in [1.165, 1.54) is 36.1 Å². The maximum absolute atomic E-state index is 4.09. The third-order valence-corrected chi connectivity index (χ3v) is 5.56. The number of hydrogen-bond acceptors (Lipinski definition) is 4. The lowest BCUT2D eigenvalue weighted by molar-refractivity contribution is 0.602. The Morgan fingerprint density at radius 1 is 1.42 bits per heavy atom. The average Bonchev–Trinajstić information content (AvgIpc) is 2.97. The van der Waals surface area contributed by atoms with Crippen LogP contribution in [0.3, 0.4) is 0 Å². The van der Waals surface area contributed by atoms with Crippen molar-refractivity contribution in [1.29, 1.82) is 0 Å². The number of aryl methyl sites for hydroxylation is 3. The van der Waals surface area contributed by atoms with Gasteiger partial charge < -0.3 is 5.32 Å². The van der Waals surface area contributed by atoms with Gasteiger partial charge in [0.15, 0.2) is 4.60 Å². The Morgan fingerprint density at radius 3 is 2.84 bits per heavy atom. The van der Waals surface area contributed by atoms with Crippen molar-refractivity contribution in [3.8, 4) is 0 Å². The van der Waals surface area contributed by atoms with Gasteiger partial charge in [-0.1, -0.05) is 5.21 Å². The van der Waals surface area contributed by atoms with Crippen LogP contribution in [0.2, 0.25) is 0 Å². The molecule has 2 aromatic heterocycles. The lowest BCUT2D eigenvalue weighted by Crippen LogP contribution is -2.20. The first-order valence-corrected chi connectivity index (χ1v) is 8.15. The van der Waals surface area contributed by atoms with Gasteiger partial charge in [-0.15, -0.1) is 16.4 Å². The molecule has 0 radical (unpaired) electrons. The molecule has 2 aromatic rings. The van der Waals surface area contributed by atoms with Gasteiger partial charge in [0, 0.05) is 16.8 Å². The molecule has 3 rings (SSSR count). The first-order valence-electron chi connectivity index (χ1n) is 6.54. The molecule has 19 heavy (non-hydrogen) atoms. The summed E-state index contributed by atoms with van der Waals surface area (Å²) in [6, 6.07) is 2.52. The Hall–Kier alpha value is -0.720. The van der Waals surface area contributed by atoms with Gasteiger partial charge in [-0.05, 0) is 60.3 Å². The summed E-state index contributed by atoms with van der Waals surface area (Å²) < 4.78 is 2.66. The standard InChI is InChI=1S/C13H17BrN4S/c1-15-11(12-13(14)16-17-18(12)2)10-7-8-5-3-4-6-9(8)19-10/h7,11,15H,3-6H2,1-2H3. The normalized spacial score (nSPS) is 16.4. The van der Waals surface area contributed by atoms with Crippen LogP contribution in [0.15, 0.2) is 10.7 Å². The molecule has 1 unspecified atom stereocenters. The molecule has 0 aliphatic heterocycles. The molecule has 0 saturated heterocycles. The summed E-state index contributed by atoms with van der Waals surface area (Å²) in [5.74, 6) is 0. The second-order valence-electron chi connectivity index (χ2n) is 4.92. The monoisotopic (exact) mass is 340 g/mol. The molecule has 1 aliphatic carbocycles. The molecule has 0 spiro atoms. The predicted octanol–water partition coefficient (Wildman–Crippen LogP) is 2.83. The summed E-state index contributed by atoms with van der Waals surface area (Å²) in [5.41, 5.74) is 2.62. The van der Waals surface area contributed by atoms with Gasteiger partial charge in [0.2, 0.25) is 0 Å². The highest BCUT2D eigenvalue weighted by Crippen LogP contribution is 2.36. The third-order valence-electron chi connectivity index (χ3n) is 3.69. The van der Waals surface area contributed by atoms with Crippen molar-refractivity contribution in [1.82, 2.24) is 20.3 Å². The Bertz CT molecular complexity index is 546. The highest BCUT2D eigenvalue weighted by atomic mass is 79.9. The molecule has 1 atom stereocenters. The average molecular weight is 341 g/mol. The van der Waals surface area contributed by atoms with Crippen LogP contribution in [-0.4, -0.2) is 22.0 Å². The largest absolute Gasteiger partial charge is 0.307 e. The number of aromatic nitrogens is 3. The van der Waals surface area contributed by atoms with E-state index in [1.54, 1.807) is 4.88 Å². The minimum Gasteiger partial charge on any atom is -0.307 e. The Balaban J connectivity index is 2.01. The number of halogens is 1. The van der Waals surface area contributed by atoms with Crippen molar-refractivity contribution in [2.75, 3.05) is 7.05 Å². The number of hydrogen-bond donors (Lipinski definition) is 1. The van der Waals surface area contributed by atoms with Gasteiger partial charge >= 0.3 is 0 Å². The topological polar surface area (TPSA) is 42.7 Å². The van der Waals surface area contributed by atoms with Gasteiger partial charge in [0.1, 0.15) is 0 Å². The minimum absolute atomic E-state index is 0.157. The number of nitrogens with zero attached hydrogens (tertiary/aromatic N) is 3. The second-order valence-corrected chi connectivity index (χ2v) is 6.83. The molecule has 4 nitrogen and oxygen atoms in total. The summed E-state index contributed by atoms with van der Waals surface area (Å²) in [4.78, 5) is 2.92. The Kier molecular flexibility index (Phi) is 3.73. The molecule has 2 heterocycles. The van der Waals surface area contributed by atoms with Crippen molar-refractivity contribution < 1.29 is 0 Å². The van der Waals surface area contributed by atoms with Crippen molar-refractivity contribution in [2.24, 2.45) is 7.05 Å². The molecular weight excluding hydrogens is 324 g/mol. The fourth-order valence-corrected chi connectivity index (χ4v) is 4.64. The van der Waals surface area contributed by atoms with E-state index >= 15 is 0 Å². The van der Waals surface area contributed by atoms with E-state index in [1.807, 2.05) is 30.1 Å². The van der Waals surface area contributed by atoms with Gasteiger partial charge in [0.05, 0.1) is 11.7 Å². The summed E-state index contributed by atoms with van der Waals surface area (Å²) >= 11 is 5.43. The van der Waals surface area contributed by atoms with Crippen LogP contribution in [0, 0.1) is 0 Å². The van der Waals surface area contributed by atoms with Crippen LogP contribution in [-0.2, 0) is 19.9 Å². The van der Waals surface area contributed by atoms with Crippen LogP contribution in [0.25, 0.3) is 0 Å². The second kappa shape index (κ2) is 5.34. The van der Waals surface area contributed by atoms with Crippen molar-refractivity contribution in [3.63, 3.8) is 0 Å². The summed E-state index contributed by atoms with van der Waals surface area (Å²) in [6.45, 7) is 0. The van der Waals surface area contributed by atoms with E-state index in [-0.39, 0.29) is 6.04 Å². The van der Waals surface area contributed by atoms with Gasteiger partial charge in [-0.3, -0.25) is 0 Å². The van der Waals surface area contributed by atoms with E-state index in [0.29, 0.717) is 0 Å². The van der Waals surface area contributed by atoms with Gasteiger partial charge in [-0.25, -0.2) is 4.68 Å². The van der Waals surface area contributed by atoms with Crippen LogP contribution >= 0.6 is 27.3 Å². The van der Waals surface area contributed by atoms with Crippen LogP contribution < -0.4 is 5.32 Å². The maximum Gasteiger partial charge on any atom is 0.153 e. The van der Waals surface area contributed by atoms with Crippen molar-refractivity contribution >= 4 is 27.3 Å². The molecular formula is C13H17BrN4S. The summed E-state index contributed by atoms with van der Waals surface area (Å²) in [7, 11) is 3.92. The first-order chi connectivity index (χ1) is 9.20. The highest BCUT2D eigenvalue weighted by Gasteiger charge is 2.24. The van der Waals surface area contributed by atoms with Gasteiger partial charge in [-0.2, -0.15) is 0 Å². The predicted molar refractivity (Wildman–Crippen MR) is 80.6 cm³/mol. The first kappa shape index (κ1) is 13.3. The molecule has 0 aromatic carbocycles. The molecule has 0 amide bonds. The van der Waals surface area contributed by atoms with Crippen LogP contribution in [0.4, 0.5) is 0 Å². The smallest absolute Gasteiger partial charge is 0.153 e. The van der Waals surface area contributed by atoms with E-state index in [0.717, 1.165) is 10.3 Å². The van der Waals surface area contributed by atoms with E-state index in [9.17, 15) is 0 Å². The lowest BCUT2D eigenvalue weighted by atomic mass is 9.98. The fourth-order valence-electron chi connectivity index (χ4n) is 2.71. The fraction of sp³-hybridized carbons (Fsp3) is 0.538. The lowest BCUT2D eigenvalue weighted by Gasteiger charge is -2.14. The molecule has 6 heteroatoms. The zero-order chi connectivity index (χ0) is 13.4. The Labute approximate surface area is 125 Å². The van der Waals surface area contributed by atoms with E-state index in [2.05, 4.69) is 37.6 Å². The number of fused-ring (bicyclic) bond motifs is 1. The van der Waals surface area contributed by atoms with E-state index in [4.69, 9.17) is 0 Å². The van der Waals surface area contributed by atoms with Crippen molar-refractivity contribution in [2.45, 2.75) is 31.7 Å². The molecule has 1 N–H and O–H groups in total. The third kappa shape index (κ3) is 2.37. The van der Waals surface area contributed by atoms with Crippen molar-refractivity contribution in [3.05, 3.63) is 31.7 Å². The number of thiophene rings is 1. The molecule has 102 valence electrons. The SMILES string of the molecule is CNC(c1cc2c(s1)CCCC2)c1c(Br)nnn1C. The summed E-state index contributed by atoms with van der Waals surface area (Å²) in [5, 5.41) is 11.6. The minimum atomic E-state index is 0.157. The molecule has 0 fully saturated rings. The Morgan fingerprint density at radius 2 is 2.21 bits per heavy atom. The van der Waals surface area contributed by atoms with E-state index < -0.39 is 0 Å². The molecule has 0 saturated carbocycles. The van der Waals surface area contributed by atoms with Gasteiger partial charge in [0.25, 0.3) is 0 Å². The van der Waals surface area contributed by atoms with Crippen LogP contribution in [0.5, 0.6) is 0 Å². The van der Waals surface area contributed by atoms with Crippen LogP contribution in [0.1, 0.15) is 39.9 Å². The quantitative estimate of drug-likeness (QED) is 0.934. The molecule has 0 bridgehead atoms. The zero-order valence-corrected chi connectivity index (χ0v) is 13.5. The summed E-state index contributed by atoms with van der Waals surface area (Å²) in [6.07, 6.45) is 5.12. The maximum atomic E-state index is 4.09.